The van der Waals surface area contributed by atoms with Gasteiger partial charge in [-0.2, -0.15) is 10.2 Å². The van der Waals surface area contributed by atoms with Crippen molar-refractivity contribution >= 4 is 11.6 Å². The van der Waals surface area contributed by atoms with Crippen LogP contribution in [0.2, 0.25) is 0 Å². The Morgan fingerprint density at radius 3 is 2.54 bits per heavy atom. The number of para-hydroxylation sites is 1. The summed E-state index contributed by atoms with van der Waals surface area (Å²) in [6.07, 6.45) is 1.10. The summed E-state index contributed by atoms with van der Waals surface area (Å²) in [4.78, 5) is 14.9. The van der Waals surface area contributed by atoms with Crippen LogP contribution in [-0.4, -0.2) is 35.7 Å². The van der Waals surface area contributed by atoms with Gasteiger partial charge in [0.25, 0.3) is 5.91 Å². The first-order chi connectivity index (χ1) is 13.7. The second-order valence-corrected chi connectivity index (χ2v) is 7.28. The lowest BCUT2D eigenvalue weighted by atomic mass is 10.1. The van der Waals surface area contributed by atoms with E-state index in [2.05, 4.69) is 44.7 Å². The zero-order chi connectivity index (χ0) is 19.3. The van der Waals surface area contributed by atoms with E-state index in [0.717, 1.165) is 36.5 Å². The largest absolute Gasteiger partial charge is 0.371 e. The maximum absolute atomic E-state index is 12.5. The van der Waals surface area contributed by atoms with E-state index in [0.29, 0.717) is 18.0 Å². The molecule has 3 aromatic rings. The van der Waals surface area contributed by atoms with Crippen LogP contribution in [-0.2, 0) is 0 Å². The predicted octanol–water partition coefficient (Wildman–Crippen LogP) is 3.71. The van der Waals surface area contributed by atoms with Crippen molar-refractivity contribution in [3.63, 3.8) is 0 Å². The quantitative estimate of drug-likeness (QED) is 0.742. The average Bonchev–Trinajstić information content (AvgIpc) is 3.22. The molecule has 0 spiro atoms. The molecule has 5 nitrogen and oxygen atoms in total. The molecular weight excluding hydrogens is 348 g/mol. The fourth-order valence-electron chi connectivity index (χ4n) is 3.56. The Morgan fingerprint density at radius 1 is 1.04 bits per heavy atom. The van der Waals surface area contributed by atoms with Crippen molar-refractivity contribution in [1.29, 1.82) is 0 Å². The van der Waals surface area contributed by atoms with Crippen LogP contribution in [0.15, 0.2) is 66.7 Å². The van der Waals surface area contributed by atoms with Gasteiger partial charge in [0.15, 0.2) is 0 Å². The molecule has 1 aliphatic heterocycles. The minimum Gasteiger partial charge on any atom is -0.371 e. The maximum atomic E-state index is 12.5. The highest BCUT2D eigenvalue weighted by atomic mass is 16.1. The summed E-state index contributed by atoms with van der Waals surface area (Å²) < 4.78 is 0. The fourth-order valence-corrected chi connectivity index (χ4v) is 3.56. The number of aromatic nitrogens is 2. The van der Waals surface area contributed by atoms with E-state index in [1.807, 2.05) is 49.4 Å². The molecule has 0 saturated carbocycles. The first kappa shape index (κ1) is 18.2. The molecule has 1 amide bonds. The minimum absolute atomic E-state index is 0.0281. The van der Waals surface area contributed by atoms with Crippen LogP contribution in [0.25, 0.3) is 11.3 Å². The molecule has 28 heavy (non-hydrogen) atoms. The Labute approximate surface area is 165 Å². The predicted molar refractivity (Wildman–Crippen MR) is 111 cm³/mol. The normalized spacial score (nSPS) is 16.2. The number of carbonyl (C=O) groups excluding carboxylic acids is 1. The third-order valence-electron chi connectivity index (χ3n) is 5.20. The zero-order valence-electron chi connectivity index (χ0n) is 16.0. The number of aryl methyl sites for hydroxylation is 1. The van der Waals surface area contributed by atoms with Gasteiger partial charge in [-0.1, -0.05) is 30.3 Å². The zero-order valence-corrected chi connectivity index (χ0v) is 16.0. The van der Waals surface area contributed by atoms with Crippen LogP contribution in [0.3, 0.4) is 0 Å². The molecule has 0 aliphatic carbocycles. The number of rotatable bonds is 5. The van der Waals surface area contributed by atoms with Gasteiger partial charge in [-0.05, 0) is 55.7 Å². The van der Waals surface area contributed by atoms with Gasteiger partial charge in [-0.3, -0.25) is 4.79 Å². The standard InChI is InChI=1S/C23H24N4O/c1-17-7-12-22(26-25-17)19-8-10-20(11-9-19)23(28)24-15-18-13-14-27(16-18)21-5-3-2-4-6-21/h2-12,18H,13-16H2,1H3,(H,24,28)/t18-/m1/s1. The van der Waals surface area contributed by atoms with E-state index in [1.165, 1.54) is 5.69 Å². The molecular formula is C23H24N4O. The molecule has 2 heterocycles. The van der Waals surface area contributed by atoms with Crippen molar-refractivity contribution < 1.29 is 4.79 Å². The van der Waals surface area contributed by atoms with Crippen molar-refractivity contribution in [3.8, 4) is 11.3 Å². The highest BCUT2D eigenvalue weighted by Gasteiger charge is 2.23. The number of carbonyl (C=O) groups is 1. The first-order valence-electron chi connectivity index (χ1n) is 9.68. The Morgan fingerprint density at radius 2 is 1.82 bits per heavy atom. The molecule has 0 radical (unpaired) electrons. The van der Waals surface area contributed by atoms with Gasteiger partial charge in [0.2, 0.25) is 0 Å². The molecule has 2 aromatic carbocycles. The number of nitrogens with zero attached hydrogens (tertiary/aromatic N) is 3. The van der Waals surface area contributed by atoms with Crippen LogP contribution in [0, 0.1) is 12.8 Å². The molecule has 0 unspecified atom stereocenters. The highest BCUT2D eigenvalue weighted by molar-refractivity contribution is 5.94. The molecule has 1 atom stereocenters. The SMILES string of the molecule is Cc1ccc(-c2ccc(C(=O)NC[C@H]3CCN(c4ccccc4)C3)cc2)nn1. The average molecular weight is 372 g/mol. The van der Waals surface area contributed by atoms with Crippen molar-refractivity contribution in [1.82, 2.24) is 15.5 Å². The summed E-state index contributed by atoms with van der Waals surface area (Å²) in [6.45, 7) is 4.63. The van der Waals surface area contributed by atoms with Gasteiger partial charge in [-0.15, -0.1) is 0 Å². The number of nitrogens with one attached hydrogen (secondary N) is 1. The Hall–Kier alpha value is -3.21. The van der Waals surface area contributed by atoms with Gasteiger partial charge >= 0.3 is 0 Å². The first-order valence-corrected chi connectivity index (χ1v) is 9.68. The Kier molecular flexibility index (Phi) is 5.33. The van der Waals surface area contributed by atoms with E-state index in [4.69, 9.17) is 0 Å². The van der Waals surface area contributed by atoms with Gasteiger partial charge in [0.05, 0.1) is 11.4 Å². The van der Waals surface area contributed by atoms with Crippen molar-refractivity contribution in [3.05, 3.63) is 78.0 Å². The van der Waals surface area contributed by atoms with Crippen LogP contribution < -0.4 is 10.2 Å². The van der Waals surface area contributed by atoms with E-state index >= 15 is 0 Å². The number of anilines is 1. The van der Waals surface area contributed by atoms with Crippen molar-refractivity contribution in [2.24, 2.45) is 5.92 Å². The smallest absolute Gasteiger partial charge is 0.251 e. The van der Waals surface area contributed by atoms with Crippen LogP contribution in [0.1, 0.15) is 22.5 Å². The Balaban J connectivity index is 1.31. The number of benzene rings is 2. The van der Waals surface area contributed by atoms with E-state index in [-0.39, 0.29) is 5.91 Å². The van der Waals surface area contributed by atoms with Gasteiger partial charge in [-0.25, -0.2) is 0 Å². The summed E-state index contributed by atoms with van der Waals surface area (Å²) in [7, 11) is 0. The fraction of sp³-hybridized carbons (Fsp3) is 0.261. The van der Waals surface area contributed by atoms with E-state index in [1.54, 1.807) is 0 Å². The molecule has 5 heteroatoms. The lowest BCUT2D eigenvalue weighted by Gasteiger charge is -2.18. The number of hydrogen-bond acceptors (Lipinski definition) is 4. The van der Waals surface area contributed by atoms with Crippen molar-refractivity contribution in [2.45, 2.75) is 13.3 Å². The maximum Gasteiger partial charge on any atom is 0.251 e. The molecule has 4 rings (SSSR count). The molecule has 1 N–H and O–H groups in total. The molecule has 1 aliphatic rings. The summed E-state index contributed by atoms with van der Waals surface area (Å²) in [5.41, 5.74) is 4.58. The minimum atomic E-state index is -0.0281. The molecule has 1 saturated heterocycles. The topological polar surface area (TPSA) is 58.1 Å². The van der Waals surface area contributed by atoms with Gasteiger partial charge < -0.3 is 10.2 Å². The van der Waals surface area contributed by atoms with E-state index < -0.39 is 0 Å². The third kappa shape index (κ3) is 4.19. The molecule has 1 fully saturated rings. The molecule has 142 valence electrons. The van der Waals surface area contributed by atoms with Crippen LogP contribution in [0.4, 0.5) is 5.69 Å². The lowest BCUT2D eigenvalue weighted by molar-refractivity contribution is 0.0948. The van der Waals surface area contributed by atoms with E-state index in [9.17, 15) is 4.79 Å². The van der Waals surface area contributed by atoms with Crippen molar-refractivity contribution in [2.75, 3.05) is 24.5 Å². The molecule has 1 aromatic heterocycles. The lowest BCUT2D eigenvalue weighted by Crippen LogP contribution is -2.31. The second kappa shape index (κ2) is 8.21. The second-order valence-electron chi connectivity index (χ2n) is 7.28. The summed E-state index contributed by atoms with van der Waals surface area (Å²) in [6, 6.07) is 21.8. The molecule has 0 bridgehead atoms. The Bertz CT molecular complexity index is 923. The summed E-state index contributed by atoms with van der Waals surface area (Å²) >= 11 is 0. The number of hydrogen-bond donors (Lipinski definition) is 1. The van der Waals surface area contributed by atoms with Gasteiger partial charge in [0, 0.05) is 36.4 Å². The van der Waals surface area contributed by atoms with Gasteiger partial charge in [0.1, 0.15) is 0 Å². The number of amides is 1. The summed E-state index contributed by atoms with van der Waals surface area (Å²) in [5, 5.41) is 11.4. The van der Waals surface area contributed by atoms with Crippen LogP contribution in [0.5, 0.6) is 0 Å². The highest BCUT2D eigenvalue weighted by Crippen LogP contribution is 2.23. The third-order valence-corrected chi connectivity index (χ3v) is 5.20. The summed E-state index contributed by atoms with van der Waals surface area (Å²) in [5.74, 6) is 0.450. The monoisotopic (exact) mass is 372 g/mol. The van der Waals surface area contributed by atoms with Crippen LogP contribution >= 0.6 is 0 Å².